The number of nitrogens with zero attached hydrogens (tertiary/aromatic N) is 2. The van der Waals surface area contributed by atoms with Crippen LogP contribution >= 0.6 is 11.6 Å². The zero-order valence-corrected chi connectivity index (χ0v) is 21.6. The molecule has 6 nitrogen and oxygen atoms in total. The number of carbonyl (C=O) groups is 2. The van der Waals surface area contributed by atoms with Gasteiger partial charge in [-0.2, -0.15) is 0 Å². The third-order valence-electron chi connectivity index (χ3n) is 7.47. The van der Waals surface area contributed by atoms with E-state index in [1.165, 1.54) is 11.0 Å². The van der Waals surface area contributed by atoms with Crippen LogP contribution in [0.3, 0.4) is 0 Å². The first-order valence-corrected chi connectivity index (χ1v) is 12.9. The Morgan fingerprint density at radius 1 is 1.05 bits per heavy atom. The second-order valence-corrected chi connectivity index (χ2v) is 10.4. The van der Waals surface area contributed by atoms with E-state index in [4.69, 9.17) is 11.6 Å². The fourth-order valence-corrected chi connectivity index (χ4v) is 5.64. The summed E-state index contributed by atoms with van der Waals surface area (Å²) < 4.78 is 69.5. The number of aliphatic hydroxyl groups is 1. The number of halogens is 6. The second kappa shape index (κ2) is 10.8. The summed E-state index contributed by atoms with van der Waals surface area (Å²) in [5.74, 6) is -4.41. The van der Waals surface area contributed by atoms with Crippen molar-refractivity contribution in [1.29, 1.82) is 0 Å². The van der Waals surface area contributed by atoms with E-state index in [-0.39, 0.29) is 40.3 Å². The van der Waals surface area contributed by atoms with Crippen molar-refractivity contribution in [2.24, 2.45) is 5.92 Å². The molecule has 1 aliphatic carbocycles. The van der Waals surface area contributed by atoms with Crippen LogP contribution in [0.1, 0.15) is 59.3 Å². The lowest BCUT2D eigenvalue weighted by molar-refractivity contribution is -0.132. The quantitative estimate of drug-likeness (QED) is 0.369. The fourth-order valence-electron chi connectivity index (χ4n) is 5.49. The van der Waals surface area contributed by atoms with Crippen LogP contribution < -0.4 is 10.2 Å². The number of anilines is 1. The summed E-state index contributed by atoms with van der Waals surface area (Å²) in [5, 5.41) is 14.2. The summed E-state index contributed by atoms with van der Waals surface area (Å²) in [6.07, 6.45) is 0.0649. The smallest absolute Gasteiger partial charge is 0.281 e. The highest BCUT2D eigenvalue weighted by molar-refractivity contribution is 6.30. The van der Waals surface area contributed by atoms with Gasteiger partial charge < -0.3 is 15.3 Å². The Labute approximate surface area is 230 Å². The van der Waals surface area contributed by atoms with E-state index in [9.17, 15) is 36.6 Å². The number of carbonyl (C=O) groups excluding carboxylic acids is 2. The molecule has 1 aliphatic heterocycles. The third-order valence-corrected chi connectivity index (χ3v) is 7.68. The SMILES string of the molecule is O=C(NC1CCC(CN2C(=O)C(O)(c3cc(F)ccc3F)c3cc(F)ccc32)CC1)c1cc(Cl)cnc1C(F)F. The maximum Gasteiger partial charge on any atom is 0.281 e. The molecule has 2 heterocycles. The molecule has 1 saturated carbocycles. The van der Waals surface area contributed by atoms with Crippen LogP contribution in [0.4, 0.5) is 27.6 Å². The van der Waals surface area contributed by atoms with Crippen LogP contribution in [0.5, 0.6) is 0 Å². The Balaban J connectivity index is 1.31. The van der Waals surface area contributed by atoms with E-state index in [0.29, 0.717) is 31.7 Å². The number of pyridine rings is 1. The maximum absolute atomic E-state index is 14.7. The molecule has 0 radical (unpaired) electrons. The topological polar surface area (TPSA) is 82.5 Å². The molecule has 210 valence electrons. The molecule has 2 N–H and O–H groups in total. The lowest BCUT2D eigenvalue weighted by Crippen LogP contribution is -2.45. The molecule has 12 heteroatoms. The first-order valence-electron chi connectivity index (χ1n) is 12.5. The fraction of sp³-hybridized carbons (Fsp3) is 0.321. The van der Waals surface area contributed by atoms with Gasteiger partial charge in [0, 0.05) is 29.9 Å². The molecule has 0 spiro atoms. The number of fused-ring (bicyclic) bond motifs is 1. The van der Waals surface area contributed by atoms with Gasteiger partial charge in [0.15, 0.2) is 5.60 Å². The van der Waals surface area contributed by atoms with Crippen LogP contribution in [-0.4, -0.2) is 34.5 Å². The van der Waals surface area contributed by atoms with Gasteiger partial charge in [-0.05, 0) is 74.1 Å². The number of hydrogen-bond acceptors (Lipinski definition) is 4. The minimum atomic E-state index is -2.96. The zero-order valence-electron chi connectivity index (χ0n) is 20.8. The highest BCUT2D eigenvalue weighted by Crippen LogP contribution is 2.46. The van der Waals surface area contributed by atoms with Crippen molar-refractivity contribution >= 4 is 29.1 Å². The lowest BCUT2D eigenvalue weighted by Gasteiger charge is -2.32. The average Bonchev–Trinajstić information content (AvgIpc) is 3.12. The second-order valence-electron chi connectivity index (χ2n) is 9.99. The molecule has 0 saturated heterocycles. The van der Waals surface area contributed by atoms with Crippen molar-refractivity contribution in [3.8, 4) is 0 Å². The van der Waals surface area contributed by atoms with Gasteiger partial charge in [0.25, 0.3) is 18.2 Å². The summed E-state index contributed by atoms with van der Waals surface area (Å²) in [6, 6.07) is 6.51. The summed E-state index contributed by atoms with van der Waals surface area (Å²) in [5.41, 5.74) is -4.21. The molecule has 40 heavy (non-hydrogen) atoms. The highest BCUT2D eigenvalue weighted by Gasteiger charge is 2.53. The molecule has 3 aromatic rings. The minimum Gasteiger partial charge on any atom is -0.372 e. The molecule has 2 amide bonds. The van der Waals surface area contributed by atoms with E-state index >= 15 is 0 Å². The summed E-state index contributed by atoms with van der Waals surface area (Å²) in [6.45, 7) is 0.102. The van der Waals surface area contributed by atoms with E-state index in [2.05, 4.69) is 10.3 Å². The van der Waals surface area contributed by atoms with Gasteiger partial charge in [0.2, 0.25) is 0 Å². The van der Waals surface area contributed by atoms with Crippen molar-refractivity contribution in [3.63, 3.8) is 0 Å². The van der Waals surface area contributed by atoms with Gasteiger partial charge in [-0.1, -0.05) is 11.6 Å². The normalized spacial score (nSPS) is 22.5. The van der Waals surface area contributed by atoms with E-state index < -0.39 is 52.5 Å². The van der Waals surface area contributed by atoms with Crippen LogP contribution in [0.15, 0.2) is 48.7 Å². The molecule has 1 aromatic heterocycles. The van der Waals surface area contributed by atoms with Crippen LogP contribution in [0.25, 0.3) is 0 Å². The van der Waals surface area contributed by atoms with Gasteiger partial charge in [-0.25, -0.2) is 22.0 Å². The number of alkyl halides is 2. The molecular weight excluding hydrogens is 557 g/mol. The third kappa shape index (κ3) is 5.03. The predicted octanol–water partition coefficient (Wildman–Crippen LogP) is 5.66. The molecule has 2 aromatic carbocycles. The number of nitrogens with one attached hydrogen (secondary N) is 1. The van der Waals surface area contributed by atoms with Crippen molar-refractivity contribution in [3.05, 3.63) is 93.5 Å². The van der Waals surface area contributed by atoms with Gasteiger partial charge >= 0.3 is 0 Å². The van der Waals surface area contributed by atoms with Gasteiger partial charge in [-0.15, -0.1) is 0 Å². The van der Waals surface area contributed by atoms with Crippen molar-refractivity contribution in [2.45, 2.75) is 43.8 Å². The Kier molecular flexibility index (Phi) is 7.54. The summed E-state index contributed by atoms with van der Waals surface area (Å²) in [4.78, 5) is 31.1. The standard InChI is InChI=1S/C28H23ClF5N3O3/c29-15-9-19(24(25(33)34)35-12-15)26(38)36-18-5-1-14(2-6-18)13-37-23-8-4-17(31)11-21(23)28(40,27(37)39)20-10-16(30)3-7-22(20)32/h3-4,7-12,14,18,25,40H,1-2,5-6,13H2,(H,36,38). The van der Waals surface area contributed by atoms with Crippen molar-refractivity contribution in [2.75, 3.05) is 11.4 Å². The van der Waals surface area contributed by atoms with Crippen molar-refractivity contribution < 1.29 is 36.6 Å². The monoisotopic (exact) mass is 579 g/mol. The number of aromatic nitrogens is 1. The Morgan fingerprint density at radius 2 is 1.70 bits per heavy atom. The molecule has 1 unspecified atom stereocenters. The summed E-state index contributed by atoms with van der Waals surface area (Å²) >= 11 is 5.84. The molecule has 1 fully saturated rings. The number of rotatable bonds is 6. The molecule has 1 atom stereocenters. The first-order chi connectivity index (χ1) is 19.0. The van der Waals surface area contributed by atoms with Gasteiger partial charge in [0.05, 0.1) is 16.3 Å². The molecule has 5 rings (SSSR count). The predicted molar refractivity (Wildman–Crippen MR) is 136 cm³/mol. The first kappa shape index (κ1) is 28.0. The van der Waals surface area contributed by atoms with E-state index in [1.807, 2.05) is 0 Å². The number of benzene rings is 2. The van der Waals surface area contributed by atoms with Gasteiger partial charge in [0.1, 0.15) is 23.1 Å². The van der Waals surface area contributed by atoms with Crippen LogP contribution in [0.2, 0.25) is 5.02 Å². The molecule has 0 bridgehead atoms. The Morgan fingerprint density at radius 3 is 2.38 bits per heavy atom. The Hall–Kier alpha value is -3.57. The van der Waals surface area contributed by atoms with Crippen LogP contribution in [-0.2, 0) is 10.4 Å². The molecule has 2 aliphatic rings. The Bertz CT molecular complexity index is 1480. The van der Waals surface area contributed by atoms with Crippen molar-refractivity contribution in [1.82, 2.24) is 10.3 Å². The van der Waals surface area contributed by atoms with E-state index in [1.54, 1.807) is 0 Å². The van der Waals surface area contributed by atoms with Crippen LogP contribution in [0, 0.1) is 23.4 Å². The number of amides is 2. The largest absolute Gasteiger partial charge is 0.372 e. The highest BCUT2D eigenvalue weighted by atomic mass is 35.5. The molecular formula is C28H23ClF5N3O3. The summed E-state index contributed by atoms with van der Waals surface area (Å²) in [7, 11) is 0. The minimum absolute atomic E-state index is 0.0479. The lowest BCUT2D eigenvalue weighted by atomic mass is 9.85. The van der Waals surface area contributed by atoms with E-state index in [0.717, 1.165) is 36.5 Å². The zero-order chi connectivity index (χ0) is 28.8. The van der Waals surface area contributed by atoms with Gasteiger partial charge in [-0.3, -0.25) is 14.6 Å². The number of hydrogen-bond donors (Lipinski definition) is 2. The average molecular weight is 580 g/mol. The maximum atomic E-state index is 14.7.